The smallest absolute Gasteiger partial charge is 0.384 e. The predicted octanol–water partition coefficient (Wildman–Crippen LogP) is 4.00. The van der Waals surface area contributed by atoms with Gasteiger partial charge in [-0.2, -0.15) is 13.2 Å². The number of carbonyl (C=O) groups excluding carboxylic acids is 1. The van der Waals surface area contributed by atoms with Gasteiger partial charge in [-0.3, -0.25) is 14.8 Å². The molecule has 0 aliphatic heterocycles. The number of hydrogen-bond donors (Lipinski definition) is 2. The van der Waals surface area contributed by atoms with E-state index in [1.54, 1.807) is 6.07 Å². The molecule has 3 aromatic heterocycles. The number of sulfone groups is 1. The van der Waals surface area contributed by atoms with Gasteiger partial charge in [-0.1, -0.05) is 0 Å². The Hall–Kier alpha value is -4.13. The van der Waals surface area contributed by atoms with E-state index < -0.39 is 40.0 Å². The number of nitrogens with one attached hydrogen (secondary N) is 1. The number of carbonyl (C=O) groups is 1. The van der Waals surface area contributed by atoms with Gasteiger partial charge in [-0.25, -0.2) is 17.8 Å². The number of anilines is 1. The molecular formula is C25H21F4N5O3S. The van der Waals surface area contributed by atoms with Gasteiger partial charge in [0.1, 0.15) is 11.6 Å². The molecule has 0 atom stereocenters. The minimum atomic E-state index is -4.76. The minimum Gasteiger partial charge on any atom is -0.384 e. The number of amides is 1. The zero-order valence-corrected chi connectivity index (χ0v) is 20.9. The summed E-state index contributed by atoms with van der Waals surface area (Å²) in [6, 6.07) is 8.26. The van der Waals surface area contributed by atoms with Crippen molar-refractivity contribution in [2.75, 3.05) is 12.0 Å². The molecule has 3 heterocycles. The lowest BCUT2D eigenvalue weighted by atomic mass is 10.0. The first-order valence-electron chi connectivity index (χ1n) is 11.1. The van der Waals surface area contributed by atoms with Gasteiger partial charge in [-0.15, -0.1) is 0 Å². The van der Waals surface area contributed by atoms with Crippen molar-refractivity contribution in [2.24, 2.45) is 0 Å². The first kappa shape index (κ1) is 26.9. The second-order valence-corrected chi connectivity index (χ2v) is 10.7. The molecule has 4 rings (SSSR count). The van der Waals surface area contributed by atoms with E-state index in [4.69, 9.17) is 5.73 Å². The molecule has 0 saturated heterocycles. The van der Waals surface area contributed by atoms with Crippen molar-refractivity contribution in [1.29, 1.82) is 0 Å². The summed E-state index contributed by atoms with van der Waals surface area (Å²) in [4.78, 5) is 24.2. The zero-order valence-electron chi connectivity index (χ0n) is 20.1. The van der Waals surface area contributed by atoms with Gasteiger partial charge in [0.15, 0.2) is 15.5 Å². The molecule has 0 aliphatic carbocycles. The number of aryl methyl sites for hydroxylation is 1. The summed E-state index contributed by atoms with van der Waals surface area (Å²) in [6.07, 6.45) is -1.37. The van der Waals surface area contributed by atoms with Crippen molar-refractivity contribution in [2.45, 2.75) is 31.0 Å². The van der Waals surface area contributed by atoms with Crippen molar-refractivity contribution in [3.8, 4) is 0 Å². The number of hydrogen-bond acceptors (Lipinski definition) is 7. The highest BCUT2D eigenvalue weighted by Crippen LogP contribution is 2.33. The van der Waals surface area contributed by atoms with Gasteiger partial charge in [0.05, 0.1) is 16.6 Å². The summed E-state index contributed by atoms with van der Waals surface area (Å²) in [5.41, 5.74) is 5.42. The van der Waals surface area contributed by atoms with Gasteiger partial charge in [0.2, 0.25) is 0 Å². The Morgan fingerprint density at radius 1 is 1.11 bits per heavy atom. The number of fused-ring (bicyclic) bond motifs is 1. The predicted molar refractivity (Wildman–Crippen MR) is 131 cm³/mol. The third-order valence-electron chi connectivity index (χ3n) is 5.70. The molecular weight excluding hydrogens is 526 g/mol. The van der Waals surface area contributed by atoms with Crippen LogP contribution in [-0.4, -0.2) is 35.5 Å². The van der Waals surface area contributed by atoms with Crippen molar-refractivity contribution in [3.05, 3.63) is 88.3 Å². The van der Waals surface area contributed by atoms with Crippen LogP contribution in [0.1, 0.15) is 38.4 Å². The molecule has 1 amide bonds. The van der Waals surface area contributed by atoms with E-state index in [0.717, 1.165) is 12.5 Å². The molecule has 0 saturated carbocycles. The van der Waals surface area contributed by atoms with E-state index in [1.807, 2.05) is 0 Å². The number of alkyl halides is 3. The van der Waals surface area contributed by atoms with Gasteiger partial charge in [0.25, 0.3) is 5.91 Å². The van der Waals surface area contributed by atoms with Gasteiger partial charge >= 0.3 is 6.18 Å². The molecule has 0 unspecified atom stereocenters. The zero-order chi connectivity index (χ0) is 27.8. The normalized spacial score (nSPS) is 12.1. The van der Waals surface area contributed by atoms with Crippen LogP contribution >= 0.6 is 0 Å². The SMILES string of the molecule is Cc1cc(N)nc(C(F)(F)F)c1CNC(=O)c1ccnc(Cc2cc(S(C)(=O)=O)c3ncc(F)cc3c2)c1. The number of halogens is 4. The number of nitrogens with zero attached hydrogens (tertiary/aromatic N) is 3. The second kappa shape index (κ2) is 9.97. The van der Waals surface area contributed by atoms with Crippen LogP contribution in [0.3, 0.4) is 0 Å². The lowest BCUT2D eigenvalue weighted by molar-refractivity contribution is -0.141. The topological polar surface area (TPSA) is 128 Å². The maximum absolute atomic E-state index is 13.8. The van der Waals surface area contributed by atoms with Crippen LogP contribution in [0.2, 0.25) is 0 Å². The second-order valence-electron chi connectivity index (χ2n) is 8.68. The number of rotatable bonds is 6. The largest absolute Gasteiger partial charge is 0.433 e. The highest BCUT2D eigenvalue weighted by Gasteiger charge is 2.36. The average Bonchev–Trinajstić information content (AvgIpc) is 2.81. The average molecular weight is 548 g/mol. The summed E-state index contributed by atoms with van der Waals surface area (Å²) in [6.45, 7) is 1.00. The van der Waals surface area contributed by atoms with E-state index >= 15 is 0 Å². The molecule has 198 valence electrons. The Kier molecular flexibility index (Phi) is 7.06. The Labute approximate surface area is 214 Å². The Balaban J connectivity index is 1.59. The van der Waals surface area contributed by atoms with Crippen LogP contribution in [0.15, 0.2) is 53.7 Å². The molecule has 0 fully saturated rings. The molecule has 13 heteroatoms. The molecule has 0 aliphatic rings. The Morgan fingerprint density at radius 3 is 2.53 bits per heavy atom. The van der Waals surface area contributed by atoms with Crippen molar-refractivity contribution < 1.29 is 30.8 Å². The third-order valence-corrected chi connectivity index (χ3v) is 6.81. The minimum absolute atomic E-state index is 0.0770. The Morgan fingerprint density at radius 2 is 1.84 bits per heavy atom. The first-order chi connectivity index (χ1) is 17.7. The fourth-order valence-corrected chi connectivity index (χ4v) is 4.90. The summed E-state index contributed by atoms with van der Waals surface area (Å²) >= 11 is 0. The van der Waals surface area contributed by atoms with Crippen molar-refractivity contribution in [1.82, 2.24) is 20.3 Å². The van der Waals surface area contributed by atoms with Crippen LogP contribution in [0.25, 0.3) is 10.9 Å². The molecule has 3 N–H and O–H groups in total. The van der Waals surface area contributed by atoms with Crippen LogP contribution in [0.5, 0.6) is 0 Å². The molecule has 0 radical (unpaired) electrons. The van der Waals surface area contributed by atoms with E-state index in [0.29, 0.717) is 11.3 Å². The molecule has 1 aromatic carbocycles. The Bertz CT molecular complexity index is 1670. The van der Waals surface area contributed by atoms with Gasteiger partial charge in [0, 0.05) is 47.6 Å². The van der Waals surface area contributed by atoms with Crippen molar-refractivity contribution >= 4 is 32.5 Å². The third kappa shape index (κ3) is 5.88. The van der Waals surface area contributed by atoms with Crippen LogP contribution in [-0.2, 0) is 29.0 Å². The molecule has 38 heavy (non-hydrogen) atoms. The fraction of sp³-hybridized carbons (Fsp3) is 0.200. The van der Waals surface area contributed by atoms with E-state index in [2.05, 4.69) is 20.3 Å². The number of pyridine rings is 3. The summed E-state index contributed by atoms with van der Waals surface area (Å²) < 4.78 is 78.7. The van der Waals surface area contributed by atoms with E-state index in [9.17, 15) is 30.8 Å². The lowest BCUT2D eigenvalue weighted by Crippen LogP contribution is -2.26. The number of aromatic nitrogens is 3. The maximum atomic E-state index is 13.8. The standard InChI is InChI=1S/C25H21F4N5O3S/c1-13-5-21(30)34-23(25(27,28)29)19(13)12-33-24(35)15-3-4-31-18(10-15)7-14-6-16-9-17(26)11-32-22(16)20(8-14)38(2,36)37/h3-6,8-11H,7,12H2,1-2H3,(H2,30,34)(H,33,35). The number of benzene rings is 1. The molecule has 0 bridgehead atoms. The molecule has 0 spiro atoms. The quantitative estimate of drug-likeness (QED) is 0.349. The highest BCUT2D eigenvalue weighted by atomic mass is 32.2. The molecule has 8 nitrogen and oxygen atoms in total. The monoisotopic (exact) mass is 547 g/mol. The summed E-state index contributed by atoms with van der Waals surface area (Å²) in [7, 11) is -3.70. The van der Waals surface area contributed by atoms with Crippen LogP contribution < -0.4 is 11.1 Å². The fourth-order valence-electron chi connectivity index (χ4n) is 4.01. The van der Waals surface area contributed by atoms with E-state index in [-0.39, 0.29) is 44.7 Å². The van der Waals surface area contributed by atoms with Crippen molar-refractivity contribution in [3.63, 3.8) is 0 Å². The summed E-state index contributed by atoms with van der Waals surface area (Å²) in [5.74, 6) is -1.57. The van der Waals surface area contributed by atoms with Crippen LogP contribution in [0.4, 0.5) is 23.4 Å². The van der Waals surface area contributed by atoms with E-state index in [1.165, 1.54) is 43.5 Å². The van der Waals surface area contributed by atoms with Gasteiger partial charge in [-0.05, 0) is 54.4 Å². The molecule has 4 aromatic rings. The first-order valence-corrected chi connectivity index (χ1v) is 13.0. The highest BCUT2D eigenvalue weighted by molar-refractivity contribution is 7.91. The van der Waals surface area contributed by atoms with Crippen LogP contribution in [0, 0.1) is 12.7 Å². The summed E-state index contributed by atoms with van der Waals surface area (Å²) in [5, 5.41) is 2.74. The van der Waals surface area contributed by atoms with Gasteiger partial charge < -0.3 is 11.1 Å². The number of nitrogen functional groups attached to an aromatic ring is 1. The maximum Gasteiger partial charge on any atom is 0.433 e. The lowest BCUT2D eigenvalue weighted by Gasteiger charge is -2.16. The number of nitrogens with two attached hydrogens (primary N) is 1.